The summed E-state index contributed by atoms with van der Waals surface area (Å²) in [4.78, 5) is 37.5. The molecule has 0 unspecified atom stereocenters. The summed E-state index contributed by atoms with van der Waals surface area (Å²) < 4.78 is 15.5. The first kappa shape index (κ1) is 27.8. The van der Waals surface area contributed by atoms with Crippen molar-refractivity contribution in [3.8, 4) is 22.3 Å². The van der Waals surface area contributed by atoms with E-state index in [0.29, 0.717) is 42.5 Å². The largest absolute Gasteiger partial charge is 0.330 e. The average Bonchev–Trinajstić information content (AvgIpc) is 3.01. The molecule has 0 fully saturated rings. The SMILES string of the molecule is C[C@@H]1CCC[C@H](N2CCC(c3c(-c4cccnc4)ccc(Cl)c3F)=CC2=O)c2cc(ccn2)-c2ccccc2NC1=O. The highest BCUT2D eigenvalue weighted by molar-refractivity contribution is 6.31. The lowest BCUT2D eigenvalue weighted by Crippen LogP contribution is -2.38. The fourth-order valence-corrected chi connectivity index (χ4v) is 6.06. The van der Waals surface area contributed by atoms with Crippen LogP contribution in [0.2, 0.25) is 5.02 Å². The molecule has 2 amide bonds. The Labute approximate surface area is 249 Å². The van der Waals surface area contributed by atoms with Crippen molar-refractivity contribution in [2.75, 3.05) is 11.9 Å². The number of aromatic nitrogens is 2. The van der Waals surface area contributed by atoms with Gasteiger partial charge in [-0.25, -0.2) is 4.39 Å². The molecular weight excluding hydrogens is 551 g/mol. The second-order valence-electron chi connectivity index (χ2n) is 10.8. The number of para-hydroxylation sites is 1. The van der Waals surface area contributed by atoms with Gasteiger partial charge in [0.05, 0.1) is 16.8 Å². The standard InChI is InChI=1S/C34H30ClFN4O2/c1-21-6-4-10-30(29-18-22(13-16-38-29)25-8-2-3-9-28(25)39-34(21)42)40-17-14-23(19-31(40)41)32-26(11-12-27(35)33(32)36)24-7-5-15-37-20-24/h2-3,5,7-9,11-13,15-16,18-21,30H,4,6,10,14,17H2,1H3,(H,39,42)/t21-,30+/m1/s1. The Balaban J connectivity index is 1.38. The van der Waals surface area contributed by atoms with E-state index < -0.39 is 5.82 Å². The van der Waals surface area contributed by atoms with Crippen LogP contribution in [0.5, 0.6) is 0 Å². The fraction of sp³-hybridized carbons (Fsp3) is 0.235. The highest BCUT2D eigenvalue weighted by atomic mass is 35.5. The zero-order valence-corrected chi connectivity index (χ0v) is 23.9. The third-order valence-electron chi connectivity index (χ3n) is 8.15. The van der Waals surface area contributed by atoms with E-state index in [2.05, 4.69) is 10.3 Å². The summed E-state index contributed by atoms with van der Waals surface area (Å²) in [6.45, 7) is 2.32. The number of anilines is 1. The van der Waals surface area contributed by atoms with E-state index >= 15 is 4.39 Å². The van der Waals surface area contributed by atoms with Crippen LogP contribution >= 0.6 is 11.6 Å². The van der Waals surface area contributed by atoms with Crippen LogP contribution < -0.4 is 5.32 Å². The number of carbonyl (C=O) groups excluding carboxylic acids is 2. The zero-order valence-electron chi connectivity index (χ0n) is 23.2. The molecule has 0 radical (unpaired) electrons. The van der Waals surface area contributed by atoms with E-state index in [1.165, 1.54) is 12.1 Å². The second-order valence-corrected chi connectivity index (χ2v) is 11.2. The Bertz CT molecular complexity index is 1690. The number of carbonyl (C=O) groups is 2. The van der Waals surface area contributed by atoms with Gasteiger partial charge in [0.15, 0.2) is 0 Å². The first-order valence-corrected chi connectivity index (χ1v) is 14.5. The predicted octanol–water partition coefficient (Wildman–Crippen LogP) is 7.72. The van der Waals surface area contributed by atoms with Crippen molar-refractivity contribution in [3.05, 3.63) is 107 Å². The van der Waals surface area contributed by atoms with Crippen molar-refractivity contribution in [2.45, 2.75) is 38.6 Å². The van der Waals surface area contributed by atoms with Crippen molar-refractivity contribution in [2.24, 2.45) is 5.92 Å². The summed E-state index contributed by atoms with van der Waals surface area (Å²) in [6.07, 6.45) is 9.13. The van der Waals surface area contributed by atoms with Crippen molar-refractivity contribution >= 4 is 34.7 Å². The topological polar surface area (TPSA) is 75.2 Å². The van der Waals surface area contributed by atoms with Gasteiger partial charge in [-0.2, -0.15) is 0 Å². The van der Waals surface area contributed by atoms with Crippen molar-refractivity contribution in [1.29, 1.82) is 0 Å². The molecule has 2 bridgehead atoms. The molecule has 2 atom stereocenters. The molecule has 0 aliphatic carbocycles. The van der Waals surface area contributed by atoms with Gasteiger partial charge in [0.2, 0.25) is 11.8 Å². The number of rotatable bonds is 3. The maximum absolute atomic E-state index is 15.5. The molecule has 4 aromatic rings. The lowest BCUT2D eigenvalue weighted by atomic mass is 9.89. The molecule has 6 rings (SSSR count). The molecule has 0 spiro atoms. The Morgan fingerprint density at radius 1 is 0.976 bits per heavy atom. The van der Waals surface area contributed by atoms with Gasteiger partial charge in [-0.05, 0) is 66.3 Å². The van der Waals surface area contributed by atoms with E-state index in [9.17, 15) is 9.59 Å². The molecule has 0 saturated carbocycles. The van der Waals surface area contributed by atoms with Gasteiger partial charge in [-0.3, -0.25) is 19.6 Å². The summed E-state index contributed by atoms with van der Waals surface area (Å²) in [7, 11) is 0. The maximum Gasteiger partial charge on any atom is 0.247 e. The number of halogens is 2. The normalized spacial score (nSPS) is 19.2. The summed E-state index contributed by atoms with van der Waals surface area (Å²) >= 11 is 6.21. The predicted molar refractivity (Wildman–Crippen MR) is 163 cm³/mol. The molecular formula is C34H30ClFN4O2. The quantitative estimate of drug-likeness (QED) is 0.269. The third kappa shape index (κ3) is 5.44. The molecule has 2 aromatic heterocycles. The van der Waals surface area contributed by atoms with E-state index in [4.69, 9.17) is 16.6 Å². The van der Waals surface area contributed by atoms with Gasteiger partial charge in [-0.15, -0.1) is 0 Å². The van der Waals surface area contributed by atoms with Gasteiger partial charge in [0.1, 0.15) is 5.82 Å². The van der Waals surface area contributed by atoms with Crippen LogP contribution in [0.1, 0.15) is 49.9 Å². The van der Waals surface area contributed by atoms with Crippen LogP contribution in [0.3, 0.4) is 0 Å². The van der Waals surface area contributed by atoms with Crippen LogP contribution in [0, 0.1) is 11.7 Å². The first-order chi connectivity index (χ1) is 20.4. The number of nitrogens with zero attached hydrogens (tertiary/aromatic N) is 3. The second kappa shape index (κ2) is 11.9. The Morgan fingerprint density at radius 3 is 2.64 bits per heavy atom. The minimum absolute atomic E-state index is 0.00666. The maximum atomic E-state index is 15.5. The van der Waals surface area contributed by atoms with Crippen LogP contribution in [-0.4, -0.2) is 33.2 Å². The van der Waals surface area contributed by atoms with Crippen LogP contribution in [0.4, 0.5) is 10.1 Å². The number of pyridine rings is 2. The molecule has 1 N–H and O–H groups in total. The molecule has 212 valence electrons. The molecule has 2 aliphatic rings. The van der Waals surface area contributed by atoms with E-state index in [1.807, 2.05) is 54.3 Å². The molecule has 0 saturated heterocycles. The Morgan fingerprint density at radius 2 is 1.83 bits per heavy atom. The minimum Gasteiger partial charge on any atom is -0.330 e. The van der Waals surface area contributed by atoms with Crippen molar-refractivity contribution in [1.82, 2.24) is 14.9 Å². The highest BCUT2D eigenvalue weighted by Gasteiger charge is 2.31. The van der Waals surface area contributed by atoms with Gasteiger partial charge in [0, 0.05) is 59.5 Å². The smallest absolute Gasteiger partial charge is 0.247 e. The monoisotopic (exact) mass is 580 g/mol. The molecule has 6 nitrogen and oxygen atoms in total. The third-order valence-corrected chi connectivity index (χ3v) is 8.44. The van der Waals surface area contributed by atoms with Crippen molar-refractivity contribution in [3.63, 3.8) is 0 Å². The Kier molecular flexibility index (Phi) is 7.85. The minimum atomic E-state index is -0.545. The van der Waals surface area contributed by atoms with Crippen LogP contribution in [0.25, 0.3) is 27.8 Å². The summed E-state index contributed by atoms with van der Waals surface area (Å²) in [5.74, 6) is -0.965. The lowest BCUT2D eigenvalue weighted by Gasteiger charge is -2.35. The van der Waals surface area contributed by atoms with E-state index in [1.54, 1.807) is 30.7 Å². The molecule has 8 heteroatoms. The molecule has 2 aliphatic heterocycles. The number of amides is 2. The molecule has 4 heterocycles. The van der Waals surface area contributed by atoms with E-state index in [0.717, 1.165) is 34.5 Å². The van der Waals surface area contributed by atoms with Gasteiger partial charge in [-0.1, -0.05) is 55.3 Å². The van der Waals surface area contributed by atoms with Gasteiger partial charge < -0.3 is 10.2 Å². The van der Waals surface area contributed by atoms with Crippen LogP contribution in [-0.2, 0) is 9.59 Å². The summed E-state index contributed by atoms with van der Waals surface area (Å²) in [6, 6.07) is 18.3. The first-order valence-electron chi connectivity index (χ1n) is 14.2. The summed E-state index contributed by atoms with van der Waals surface area (Å²) in [5, 5.41) is 3.10. The number of hydrogen-bond donors (Lipinski definition) is 1. The number of nitrogens with one attached hydrogen (secondary N) is 1. The zero-order chi connectivity index (χ0) is 29.2. The highest BCUT2D eigenvalue weighted by Crippen LogP contribution is 2.39. The fourth-order valence-electron chi connectivity index (χ4n) is 5.90. The van der Waals surface area contributed by atoms with E-state index in [-0.39, 0.29) is 28.8 Å². The average molecular weight is 581 g/mol. The number of fused-ring (bicyclic) bond motifs is 4. The Hall–Kier alpha value is -4.36. The molecule has 2 aromatic carbocycles. The number of hydrogen-bond acceptors (Lipinski definition) is 4. The van der Waals surface area contributed by atoms with Gasteiger partial charge in [0.25, 0.3) is 0 Å². The number of benzene rings is 2. The lowest BCUT2D eigenvalue weighted by molar-refractivity contribution is -0.129. The van der Waals surface area contributed by atoms with Crippen molar-refractivity contribution < 1.29 is 14.0 Å². The van der Waals surface area contributed by atoms with Gasteiger partial charge >= 0.3 is 0 Å². The van der Waals surface area contributed by atoms with Crippen LogP contribution in [0.15, 0.2) is 85.3 Å². The summed E-state index contributed by atoms with van der Waals surface area (Å²) in [5.41, 5.74) is 5.67. The molecule has 42 heavy (non-hydrogen) atoms.